The number of ether oxygens (including phenoxy) is 3. The van der Waals surface area contributed by atoms with Crippen LogP contribution in [0.2, 0.25) is 0 Å². The summed E-state index contributed by atoms with van der Waals surface area (Å²) in [7, 11) is 0. The number of rotatable bonds is 3. The van der Waals surface area contributed by atoms with E-state index in [1.165, 1.54) is 12.8 Å². The maximum atomic E-state index is 11.7. The van der Waals surface area contributed by atoms with E-state index in [1.54, 1.807) is 0 Å². The number of hydrogen-bond acceptors (Lipinski definition) is 5. The van der Waals surface area contributed by atoms with Gasteiger partial charge in [0.1, 0.15) is 13.2 Å². The van der Waals surface area contributed by atoms with Gasteiger partial charge in [0.2, 0.25) is 0 Å². The van der Waals surface area contributed by atoms with Crippen molar-refractivity contribution in [3.05, 3.63) is 23.8 Å². The normalized spacial score (nSPS) is 27.5. The van der Waals surface area contributed by atoms with Crippen LogP contribution in [-0.4, -0.2) is 49.9 Å². The molecule has 3 aliphatic heterocycles. The molecule has 3 heterocycles. The minimum Gasteiger partial charge on any atom is -0.486 e. The van der Waals surface area contributed by atoms with Crippen molar-refractivity contribution in [1.82, 2.24) is 10.2 Å². The summed E-state index contributed by atoms with van der Waals surface area (Å²) in [5.41, 5.74) is 0.951. The molecule has 22 heavy (non-hydrogen) atoms. The fourth-order valence-electron chi connectivity index (χ4n) is 3.38. The highest BCUT2D eigenvalue weighted by Gasteiger charge is 2.37. The van der Waals surface area contributed by atoms with Gasteiger partial charge in [0, 0.05) is 6.54 Å². The molecule has 1 amide bonds. The minimum atomic E-state index is -0.343. The molecule has 2 fully saturated rings. The predicted molar refractivity (Wildman–Crippen MR) is 79.3 cm³/mol. The Labute approximate surface area is 129 Å². The number of fused-ring (bicyclic) bond motifs is 1. The molecule has 3 aliphatic rings. The van der Waals surface area contributed by atoms with Crippen LogP contribution in [0.25, 0.3) is 0 Å². The Morgan fingerprint density at radius 2 is 1.91 bits per heavy atom. The van der Waals surface area contributed by atoms with Crippen LogP contribution in [0.15, 0.2) is 18.2 Å². The number of nitrogens with zero attached hydrogens (tertiary/aromatic N) is 1. The molecule has 0 aromatic heterocycles. The van der Waals surface area contributed by atoms with Crippen LogP contribution < -0.4 is 14.8 Å². The van der Waals surface area contributed by atoms with Crippen molar-refractivity contribution in [2.45, 2.75) is 25.0 Å². The number of likely N-dealkylation sites (tertiary alicyclic amines) is 1. The van der Waals surface area contributed by atoms with Crippen LogP contribution in [-0.2, 0) is 4.74 Å². The summed E-state index contributed by atoms with van der Waals surface area (Å²) in [6.45, 7) is 4.14. The van der Waals surface area contributed by atoms with Crippen molar-refractivity contribution in [3.8, 4) is 11.5 Å². The van der Waals surface area contributed by atoms with E-state index in [1.807, 2.05) is 18.2 Å². The second-order valence-corrected chi connectivity index (χ2v) is 5.99. The van der Waals surface area contributed by atoms with E-state index in [4.69, 9.17) is 14.2 Å². The molecule has 0 radical (unpaired) electrons. The van der Waals surface area contributed by atoms with Crippen LogP contribution in [0.1, 0.15) is 24.5 Å². The van der Waals surface area contributed by atoms with Crippen molar-refractivity contribution in [2.75, 3.05) is 32.8 Å². The zero-order valence-corrected chi connectivity index (χ0v) is 12.4. The quantitative estimate of drug-likeness (QED) is 0.921. The zero-order valence-electron chi connectivity index (χ0n) is 12.4. The standard InChI is InChI=1S/C16H20N2O4/c19-16-17-12(10-18-5-1-2-6-18)15(22-16)11-3-4-13-14(9-11)21-8-7-20-13/h3-4,9,12,15H,1-2,5-8,10H2,(H,17,19)/t12-,15-/m1/s1. The molecule has 0 saturated carbocycles. The average Bonchev–Trinajstić information content (AvgIpc) is 3.17. The van der Waals surface area contributed by atoms with Gasteiger partial charge >= 0.3 is 6.09 Å². The summed E-state index contributed by atoms with van der Waals surface area (Å²) in [6.07, 6.45) is 1.85. The summed E-state index contributed by atoms with van der Waals surface area (Å²) >= 11 is 0. The van der Waals surface area contributed by atoms with Crippen molar-refractivity contribution in [2.24, 2.45) is 0 Å². The maximum Gasteiger partial charge on any atom is 0.408 e. The molecule has 4 rings (SSSR count). The van der Waals surface area contributed by atoms with E-state index in [2.05, 4.69) is 10.2 Å². The Bertz CT molecular complexity index is 571. The lowest BCUT2D eigenvalue weighted by Gasteiger charge is -2.24. The van der Waals surface area contributed by atoms with Gasteiger partial charge in [-0.1, -0.05) is 6.07 Å². The van der Waals surface area contributed by atoms with E-state index in [-0.39, 0.29) is 18.2 Å². The van der Waals surface area contributed by atoms with E-state index in [0.717, 1.165) is 36.7 Å². The number of benzene rings is 1. The van der Waals surface area contributed by atoms with Gasteiger partial charge < -0.3 is 24.4 Å². The van der Waals surface area contributed by atoms with E-state index in [9.17, 15) is 4.79 Å². The predicted octanol–water partition coefficient (Wildman–Crippen LogP) is 1.70. The average molecular weight is 304 g/mol. The van der Waals surface area contributed by atoms with Gasteiger partial charge in [-0.25, -0.2) is 4.79 Å². The Morgan fingerprint density at radius 3 is 2.73 bits per heavy atom. The number of carbonyl (C=O) groups excluding carboxylic acids is 1. The molecule has 0 unspecified atom stereocenters. The molecule has 6 nitrogen and oxygen atoms in total. The van der Waals surface area contributed by atoms with Gasteiger partial charge in [-0.05, 0) is 43.6 Å². The Hall–Kier alpha value is -1.95. The topological polar surface area (TPSA) is 60.0 Å². The van der Waals surface area contributed by atoms with Crippen molar-refractivity contribution in [1.29, 1.82) is 0 Å². The lowest BCUT2D eigenvalue weighted by atomic mass is 10.0. The summed E-state index contributed by atoms with van der Waals surface area (Å²) in [5.74, 6) is 1.48. The molecule has 1 N–H and O–H groups in total. The third-order valence-electron chi connectivity index (χ3n) is 4.45. The fourth-order valence-corrected chi connectivity index (χ4v) is 3.38. The molecule has 0 aliphatic carbocycles. The van der Waals surface area contributed by atoms with Gasteiger partial charge in [-0.3, -0.25) is 0 Å². The number of cyclic esters (lactones) is 1. The molecule has 6 heteroatoms. The maximum absolute atomic E-state index is 11.7. The number of hydrogen-bond donors (Lipinski definition) is 1. The molecule has 2 atom stereocenters. The highest BCUT2D eigenvalue weighted by molar-refractivity contribution is 5.70. The largest absolute Gasteiger partial charge is 0.486 e. The monoisotopic (exact) mass is 304 g/mol. The Kier molecular flexibility index (Phi) is 3.54. The fraction of sp³-hybridized carbons (Fsp3) is 0.562. The SMILES string of the molecule is O=C1N[C@H](CN2CCCC2)[C@@H](c2ccc3c(c2)OCCO3)O1. The zero-order chi connectivity index (χ0) is 14.9. The molecule has 2 saturated heterocycles. The number of carbonyl (C=O) groups is 1. The highest BCUT2D eigenvalue weighted by Crippen LogP contribution is 2.36. The van der Waals surface area contributed by atoms with Crippen LogP contribution in [0, 0.1) is 0 Å². The van der Waals surface area contributed by atoms with Crippen LogP contribution >= 0.6 is 0 Å². The molecule has 0 bridgehead atoms. The van der Waals surface area contributed by atoms with Gasteiger partial charge in [0.15, 0.2) is 17.6 Å². The molecule has 1 aromatic rings. The molecule has 1 aromatic carbocycles. The van der Waals surface area contributed by atoms with E-state index >= 15 is 0 Å². The van der Waals surface area contributed by atoms with Crippen molar-refractivity contribution in [3.63, 3.8) is 0 Å². The van der Waals surface area contributed by atoms with Crippen LogP contribution in [0.3, 0.4) is 0 Å². The first-order valence-corrected chi connectivity index (χ1v) is 7.89. The highest BCUT2D eigenvalue weighted by atomic mass is 16.6. The second kappa shape index (κ2) is 5.68. The van der Waals surface area contributed by atoms with Gasteiger partial charge in [0.25, 0.3) is 0 Å². The molecule has 118 valence electrons. The lowest BCUT2D eigenvalue weighted by molar-refractivity contribution is 0.124. The number of alkyl carbamates (subject to hydrolysis) is 1. The third kappa shape index (κ3) is 2.59. The second-order valence-electron chi connectivity index (χ2n) is 5.99. The van der Waals surface area contributed by atoms with E-state index in [0.29, 0.717) is 13.2 Å². The number of amides is 1. The third-order valence-corrected chi connectivity index (χ3v) is 4.45. The summed E-state index contributed by atoms with van der Waals surface area (Å²) in [5, 5.41) is 2.93. The molecular formula is C16H20N2O4. The van der Waals surface area contributed by atoms with Crippen LogP contribution in [0.5, 0.6) is 11.5 Å². The number of nitrogens with one attached hydrogen (secondary N) is 1. The Balaban J connectivity index is 1.54. The molecule has 0 spiro atoms. The summed E-state index contributed by atoms with van der Waals surface area (Å²) in [6, 6.07) is 5.75. The lowest BCUT2D eigenvalue weighted by Crippen LogP contribution is -2.39. The first-order chi connectivity index (χ1) is 10.8. The molecular weight excluding hydrogens is 284 g/mol. The van der Waals surface area contributed by atoms with Gasteiger partial charge in [-0.2, -0.15) is 0 Å². The smallest absolute Gasteiger partial charge is 0.408 e. The van der Waals surface area contributed by atoms with Gasteiger partial charge in [-0.15, -0.1) is 0 Å². The minimum absolute atomic E-state index is 0.0202. The summed E-state index contributed by atoms with van der Waals surface area (Å²) in [4.78, 5) is 14.1. The van der Waals surface area contributed by atoms with Crippen LogP contribution in [0.4, 0.5) is 4.79 Å². The van der Waals surface area contributed by atoms with E-state index < -0.39 is 0 Å². The van der Waals surface area contributed by atoms with Gasteiger partial charge in [0.05, 0.1) is 6.04 Å². The van der Waals surface area contributed by atoms with Crippen molar-refractivity contribution < 1.29 is 19.0 Å². The Morgan fingerprint density at radius 1 is 1.14 bits per heavy atom. The first kappa shape index (κ1) is 13.7. The first-order valence-electron chi connectivity index (χ1n) is 7.89. The summed E-state index contributed by atoms with van der Waals surface area (Å²) < 4.78 is 16.7. The van der Waals surface area contributed by atoms with Crippen molar-refractivity contribution >= 4 is 6.09 Å².